The Bertz CT molecular complexity index is 831. The first kappa shape index (κ1) is 16.9. The minimum absolute atomic E-state index is 0.0413. The molecule has 3 nitrogen and oxygen atoms in total. The molecular weight excluding hydrogens is 308 g/mol. The third-order valence-electron chi connectivity index (χ3n) is 4.31. The lowest BCUT2D eigenvalue weighted by Gasteiger charge is -2.27. The Hall–Kier alpha value is -2.91. The highest BCUT2D eigenvalue weighted by Gasteiger charge is 2.22. The zero-order chi connectivity index (χ0) is 17.6. The third-order valence-corrected chi connectivity index (χ3v) is 4.31. The molecule has 2 aromatic carbocycles. The number of carbonyl (C=O) groups is 1. The van der Waals surface area contributed by atoms with E-state index in [1.165, 1.54) is 16.7 Å². The molecule has 1 heterocycles. The predicted octanol–water partition coefficient (Wildman–Crippen LogP) is 4.05. The summed E-state index contributed by atoms with van der Waals surface area (Å²) in [4.78, 5) is 12.2. The predicted molar refractivity (Wildman–Crippen MR) is 103 cm³/mol. The number of aryl methyl sites for hydroxylation is 1. The molecule has 0 saturated carbocycles. The summed E-state index contributed by atoms with van der Waals surface area (Å²) >= 11 is 0. The van der Waals surface area contributed by atoms with E-state index in [9.17, 15) is 4.79 Å². The van der Waals surface area contributed by atoms with Crippen LogP contribution in [0.25, 0.3) is 11.1 Å². The van der Waals surface area contributed by atoms with Crippen molar-refractivity contribution in [2.45, 2.75) is 13.1 Å². The zero-order valence-corrected chi connectivity index (χ0v) is 14.3. The molecule has 126 valence electrons. The molecule has 3 heteroatoms. The maximum atomic E-state index is 12.2. The quantitative estimate of drug-likeness (QED) is 0.656. The van der Waals surface area contributed by atoms with E-state index in [0.717, 1.165) is 5.56 Å². The van der Waals surface area contributed by atoms with Gasteiger partial charge in [0, 0.05) is 12.1 Å². The minimum Gasteiger partial charge on any atom is -0.333 e. The molecule has 1 saturated heterocycles. The van der Waals surface area contributed by atoms with Crippen LogP contribution in [-0.2, 0) is 4.79 Å². The van der Waals surface area contributed by atoms with E-state index >= 15 is 0 Å². The van der Waals surface area contributed by atoms with E-state index in [-0.39, 0.29) is 12.1 Å². The van der Waals surface area contributed by atoms with Crippen LogP contribution in [0.1, 0.15) is 17.3 Å². The van der Waals surface area contributed by atoms with Crippen molar-refractivity contribution >= 4 is 5.91 Å². The molecule has 0 spiro atoms. The maximum Gasteiger partial charge on any atom is 0.249 e. The Balaban J connectivity index is 1.73. The Morgan fingerprint density at radius 2 is 1.84 bits per heavy atom. The average Bonchev–Trinajstić information content (AvgIpc) is 2.64. The molecule has 1 amide bonds. The molecule has 1 aliphatic rings. The Kier molecular flexibility index (Phi) is 5.26. The van der Waals surface area contributed by atoms with E-state index in [2.05, 4.69) is 60.5 Å². The molecule has 25 heavy (non-hydrogen) atoms. The second kappa shape index (κ2) is 7.77. The third kappa shape index (κ3) is 3.95. The highest BCUT2D eigenvalue weighted by molar-refractivity contribution is 5.95. The largest absolute Gasteiger partial charge is 0.333 e. The molecule has 1 atom stereocenters. The van der Waals surface area contributed by atoms with Crippen LogP contribution in [0.2, 0.25) is 0 Å². The molecule has 0 bridgehead atoms. The molecule has 0 radical (unpaired) electrons. The van der Waals surface area contributed by atoms with Gasteiger partial charge in [0.2, 0.25) is 5.91 Å². The zero-order valence-electron chi connectivity index (χ0n) is 14.3. The first-order valence-electron chi connectivity index (χ1n) is 8.37. The second-order valence-corrected chi connectivity index (χ2v) is 6.04. The summed E-state index contributed by atoms with van der Waals surface area (Å²) in [6, 6.07) is 16.7. The molecule has 2 aromatic rings. The normalized spacial score (nSPS) is 19.2. The standard InChI is InChI=1S/C22H22N2O/c1-3-4-5-9-19-15-23-21(24-22(19)25)18-13-11-17(12-14-18)20-10-7-6-8-16(20)2/h3-14,21,23H,1,15H2,2H3,(H,24,25)/b5-4-,19-9+. The van der Waals surface area contributed by atoms with Crippen molar-refractivity contribution in [3.8, 4) is 11.1 Å². The van der Waals surface area contributed by atoms with E-state index < -0.39 is 0 Å². The van der Waals surface area contributed by atoms with E-state index in [0.29, 0.717) is 12.1 Å². The van der Waals surface area contributed by atoms with Crippen molar-refractivity contribution in [1.82, 2.24) is 10.6 Å². The van der Waals surface area contributed by atoms with E-state index in [1.54, 1.807) is 12.2 Å². The highest BCUT2D eigenvalue weighted by Crippen LogP contribution is 2.25. The first-order chi connectivity index (χ1) is 12.2. The van der Waals surface area contributed by atoms with Gasteiger partial charge in [-0.3, -0.25) is 10.1 Å². The maximum absolute atomic E-state index is 12.2. The summed E-state index contributed by atoms with van der Waals surface area (Å²) in [5.41, 5.74) is 5.42. The number of rotatable bonds is 4. The Morgan fingerprint density at radius 3 is 2.52 bits per heavy atom. The smallest absolute Gasteiger partial charge is 0.249 e. The number of amides is 1. The van der Waals surface area contributed by atoms with Crippen molar-refractivity contribution in [2.75, 3.05) is 6.54 Å². The lowest BCUT2D eigenvalue weighted by Crippen LogP contribution is -2.46. The molecule has 2 N–H and O–H groups in total. The summed E-state index contributed by atoms with van der Waals surface area (Å²) in [6.45, 7) is 6.27. The summed E-state index contributed by atoms with van der Waals surface area (Å²) < 4.78 is 0. The first-order valence-corrected chi connectivity index (χ1v) is 8.37. The van der Waals surface area contributed by atoms with Crippen molar-refractivity contribution < 1.29 is 4.79 Å². The lowest BCUT2D eigenvalue weighted by atomic mass is 9.98. The van der Waals surface area contributed by atoms with Crippen LogP contribution in [0.15, 0.2) is 85.0 Å². The van der Waals surface area contributed by atoms with Crippen molar-refractivity contribution in [2.24, 2.45) is 0 Å². The van der Waals surface area contributed by atoms with Crippen molar-refractivity contribution in [1.29, 1.82) is 0 Å². The molecule has 0 aliphatic carbocycles. The number of hydrogen-bond acceptors (Lipinski definition) is 2. The number of carbonyl (C=O) groups excluding carboxylic acids is 1. The highest BCUT2D eigenvalue weighted by atomic mass is 16.2. The lowest BCUT2D eigenvalue weighted by molar-refractivity contribution is -0.119. The Labute approximate surface area is 148 Å². The van der Waals surface area contributed by atoms with Gasteiger partial charge in [0.05, 0.1) is 0 Å². The molecule has 1 aliphatic heterocycles. The van der Waals surface area contributed by atoms with Gasteiger partial charge in [0.1, 0.15) is 6.17 Å². The molecule has 1 fully saturated rings. The number of allylic oxidation sites excluding steroid dienone is 4. The fourth-order valence-electron chi connectivity index (χ4n) is 2.91. The number of benzene rings is 2. The van der Waals surface area contributed by atoms with Crippen LogP contribution in [0.4, 0.5) is 0 Å². The molecule has 3 rings (SSSR count). The monoisotopic (exact) mass is 330 g/mol. The van der Waals surface area contributed by atoms with Gasteiger partial charge in [0.25, 0.3) is 0 Å². The van der Waals surface area contributed by atoms with E-state index in [4.69, 9.17) is 0 Å². The van der Waals surface area contributed by atoms with Gasteiger partial charge in [-0.1, -0.05) is 79.4 Å². The van der Waals surface area contributed by atoms with E-state index in [1.807, 2.05) is 24.3 Å². The molecule has 1 unspecified atom stereocenters. The van der Waals surface area contributed by atoms with Crippen LogP contribution in [-0.4, -0.2) is 12.5 Å². The summed E-state index contributed by atoms with van der Waals surface area (Å²) in [5.74, 6) is -0.0413. The van der Waals surface area contributed by atoms with Gasteiger partial charge in [0.15, 0.2) is 0 Å². The van der Waals surface area contributed by atoms with Gasteiger partial charge in [-0.25, -0.2) is 0 Å². The minimum atomic E-state index is -0.168. The van der Waals surface area contributed by atoms with Gasteiger partial charge in [-0.05, 0) is 29.2 Å². The summed E-state index contributed by atoms with van der Waals surface area (Å²) in [5, 5.41) is 6.36. The summed E-state index contributed by atoms with van der Waals surface area (Å²) in [6.07, 6.45) is 6.95. The van der Waals surface area contributed by atoms with Crippen molar-refractivity contribution in [3.63, 3.8) is 0 Å². The van der Waals surface area contributed by atoms with Crippen LogP contribution in [0.5, 0.6) is 0 Å². The van der Waals surface area contributed by atoms with Crippen LogP contribution in [0, 0.1) is 6.92 Å². The van der Waals surface area contributed by atoms with Gasteiger partial charge in [-0.2, -0.15) is 0 Å². The second-order valence-electron chi connectivity index (χ2n) is 6.04. The number of hydrogen-bond donors (Lipinski definition) is 2. The molecular formula is C22H22N2O. The van der Waals surface area contributed by atoms with Gasteiger partial charge < -0.3 is 5.32 Å². The van der Waals surface area contributed by atoms with Gasteiger partial charge in [-0.15, -0.1) is 0 Å². The number of nitrogens with one attached hydrogen (secondary N) is 2. The fraction of sp³-hybridized carbons (Fsp3) is 0.136. The van der Waals surface area contributed by atoms with Crippen LogP contribution in [0.3, 0.4) is 0 Å². The van der Waals surface area contributed by atoms with Gasteiger partial charge >= 0.3 is 0 Å². The fourth-order valence-corrected chi connectivity index (χ4v) is 2.91. The van der Waals surface area contributed by atoms with Crippen LogP contribution >= 0.6 is 0 Å². The SMILES string of the molecule is C=C/C=C\C=C1/CNC(c2ccc(-c3ccccc3C)cc2)NC1=O. The average molecular weight is 330 g/mol. The Morgan fingerprint density at radius 1 is 1.08 bits per heavy atom. The molecule has 0 aromatic heterocycles. The van der Waals surface area contributed by atoms with Crippen LogP contribution < -0.4 is 10.6 Å². The topological polar surface area (TPSA) is 41.1 Å². The summed E-state index contributed by atoms with van der Waals surface area (Å²) in [7, 11) is 0. The van der Waals surface area contributed by atoms with Crippen molar-refractivity contribution in [3.05, 3.63) is 96.1 Å².